The van der Waals surface area contributed by atoms with Gasteiger partial charge in [-0.2, -0.15) is 5.21 Å². The van der Waals surface area contributed by atoms with Crippen LogP contribution in [0.25, 0.3) is 22.5 Å². The van der Waals surface area contributed by atoms with E-state index in [0.717, 1.165) is 35.1 Å². The van der Waals surface area contributed by atoms with Gasteiger partial charge in [0, 0.05) is 30.3 Å². The summed E-state index contributed by atoms with van der Waals surface area (Å²) in [4.78, 5) is 33.2. The Morgan fingerprint density at radius 2 is 1.95 bits per heavy atom. The zero-order valence-corrected chi connectivity index (χ0v) is 21.8. The molecule has 0 saturated heterocycles. The minimum Gasteiger partial charge on any atom is -0.506 e. The second-order valence-corrected chi connectivity index (χ2v) is 9.28. The maximum Gasteiger partial charge on any atom is 0.234 e. The summed E-state index contributed by atoms with van der Waals surface area (Å²) >= 11 is 6.52. The van der Waals surface area contributed by atoms with E-state index in [1.165, 1.54) is 12.3 Å². The molecule has 0 aliphatic rings. The summed E-state index contributed by atoms with van der Waals surface area (Å²) in [6, 6.07) is 17.0. The highest BCUT2D eigenvalue weighted by Crippen LogP contribution is 2.32. The predicted molar refractivity (Wildman–Crippen MR) is 145 cm³/mol. The van der Waals surface area contributed by atoms with E-state index in [1.807, 2.05) is 48.5 Å². The van der Waals surface area contributed by atoms with Crippen molar-refractivity contribution in [1.82, 2.24) is 35.2 Å². The van der Waals surface area contributed by atoms with Crippen molar-refractivity contribution in [2.45, 2.75) is 32.7 Å². The van der Waals surface area contributed by atoms with E-state index in [2.05, 4.69) is 37.5 Å². The summed E-state index contributed by atoms with van der Waals surface area (Å²) in [5.41, 5.74) is 3.59. The summed E-state index contributed by atoms with van der Waals surface area (Å²) in [5.74, 6) is 0.0772. The number of ketones is 1. The molecule has 0 spiro atoms. The molecule has 2 aromatic carbocycles. The number of aromatic amines is 1. The van der Waals surface area contributed by atoms with Crippen LogP contribution in [0.5, 0.6) is 5.75 Å². The Kier molecular flexibility index (Phi) is 7.55. The van der Waals surface area contributed by atoms with E-state index in [4.69, 9.17) is 11.6 Å². The van der Waals surface area contributed by atoms with Crippen molar-refractivity contribution in [2.75, 3.05) is 0 Å². The molecule has 3 heterocycles. The minimum atomic E-state index is -0.593. The van der Waals surface area contributed by atoms with Crippen LogP contribution in [0.2, 0.25) is 5.15 Å². The van der Waals surface area contributed by atoms with Gasteiger partial charge < -0.3 is 9.67 Å². The van der Waals surface area contributed by atoms with E-state index in [1.54, 1.807) is 4.57 Å². The molecule has 5 rings (SSSR count). The van der Waals surface area contributed by atoms with Crippen LogP contribution in [0, 0.1) is 0 Å². The second-order valence-electron chi connectivity index (χ2n) is 8.92. The molecule has 0 amide bonds. The van der Waals surface area contributed by atoms with Crippen LogP contribution < -0.4 is 0 Å². The number of aldehydes is 1. The fourth-order valence-corrected chi connectivity index (χ4v) is 4.69. The first-order valence-electron chi connectivity index (χ1n) is 12.4. The second kappa shape index (κ2) is 11.4. The number of aromatic nitrogens is 7. The summed E-state index contributed by atoms with van der Waals surface area (Å²) in [6.07, 6.45) is 4.15. The molecule has 3 aromatic heterocycles. The Morgan fingerprint density at radius 1 is 1.13 bits per heavy atom. The van der Waals surface area contributed by atoms with E-state index in [0.29, 0.717) is 24.4 Å². The van der Waals surface area contributed by atoms with Gasteiger partial charge in [0.1, 0.15) is 17.3 Å². The molecule has 0 aliphatic heterocycles. The van der Waals surface area contributed by atoms with Crippen LogP contribution >= 0.6 is 11.6 Å². The molecular formula is C28H24ClN7O3. The van der Waals surface area contributed by atoms with Crippen LogP contribution in [0.15, 0.2) is 60.8 Å². The van der Waals surface area contributed by atoms with Crippen LogP contribution in [0.3, 0.4) is 0 Å². The highest BCUT2D eigenvalue weighted by Gasteiger charge is 2.26. The van der Waals surface area contributed by atoms with Crippen molar-refractivity contribution < 1.29 is 14.7 Å². The monoisotopic (exact) mass is 541 g/mol. The molecule has 10 nitrogen and oxygen atoms in total. The number of nitrogens with zero attached hydrogens (tertiary/aromatic N) is 6. The number of nitrogens with one attached hydrogen (secondary N) is 1. The quantitative estimate of drug-likeness (QED) is 0.187. The standard InChI is InChI=1S/C28H24ClN7O3/c1-2-3-9-23-31-27(29)25(26(39)24-22(38)13-18(16-37)14-30-24)36(23)15-17-10-11-20(19-7-5-4-6-8-19)21(12-17)28-32-34-35-33-28/h4-8,10-14,16,38H,2-3,9,15H2,1H3,(H,32,33,34,35). The van der Waals surface area contributed by atoms with E-state index in [-0.39, 0.29) is 28.6 Å². The number of aryl methyl sites for hydroxylation is 1. The number of carbonyl (C=O) groups excluding carboxylic acids is 2. The van der Waals surface area contributed by atoms with Gasteiger partial charge in [-0.05, 0) is 40.5 Å². The molecule has 11 heteroatoms. The average Bonchev–Trinajstić information content (AvgIpc) is 3.60. The number of aromatic hydroxyl groups is 1. The normalized spacial score (nSPS) is 11.0. The van der Waals surface area contributed by atoms with E-state index in [9.17, 15) is 14.7 Å². The van der Waals surface area contributed by atoms with Crippen LogP contribution in [0.4, 0.5) is 0 Å². The molecule has 0 radical (unpaired) electrons. The van der Waals surface area contributed by atoms with Gasteiger partial charge in [0.2, 0.25) is 11.6 Å². The van der Waals surface area contributed by atoms with E-state index >= 15 is 0 Å². The fraction of sp³-hybridized carbons (Fsp3) is 0.179. The van der Waals surface area contributed by atoms with Crippen molar-refractivity contribution in [3.63, 3.8) is 0 Å². The first-order chi connectivity index (χ1) is 19.0. The fourth-order valence-electron chi connectivity index (χ4n) is 4.40. The molecule has 0 fully saturated rings. The lowest BCUT2D eigenvalue weighted by Gasteiger charge is -2.14. The molecule has 2 N–H and O–H groups in total. The first-order valence-corrected chi connectivity index (χ1v) is 12.7. The molecule has 5 aromatic rings. The van der Waals surface area contributed by atoms with E-state index < -0.39 is 11.5 Å². The molecule has 0 bridgehead atoms. The zero-order chi connectivity index (χ0) is 27.4. The number of tetrazole rings is 1. The third kappa shape index (κ3) is 5.32. The number of H-pyrrole nitrogens is 1. The minimum absolute atomic E-state index is 0.0195. The van der Waals surface area contributed by atoms with Crippen LogP contribution in [-0.4, -0.2) is 52.3 Å². The zero-order valence-electron chi connectivity index (χ0n) is 21.0. The average molecular weight is 542 g/mol. The summed E-state index contributed by atoms with van der Waals surface area (Å²) in [7, 11) is 0. The van der Waals surface area contributed by atoms with Gasteiger partial charge in [-0.25, -0.2) is 9.97 Å². The summed E-state index contributed by atoms with van der Waals surface area (Å²) in [5, 5.41) is 25.0. The van der Waals surface area contributed by atoms with Gasteiger partial charge in [-0.15, -0.1) is 10.2 Å². The molecule has 39 heavy (non-hydrogen) atoms. The number of halogens is 1. The van der Waals surface area contributed by atoms with Gasteiger partial charge >= 0.3 is 0 Å². The molecular weight excluding hydrogens is 518 g/mol. The van der Waals surface area contributed by atoms with Gasteiger partial charge in [-0.3, -0.25) is 9.59 Å². The third-order valence-corrected chi connectivity index (χ3v) is 6.57. The Morgan fingerprint density at radius 3 is 2.64 bits per heavy atom. The van der Waals surface area contributed by atoms with Crippen LogP contribution in [0.1, 0.15) is 57.7 Å². The number of rotatable bonds is 10. The first kappa shape index (κ1) is 25.9. The number of hydrogen-bond donors (Lipinski definition) is 2. The smallest absolute Gasteiger partial charge is 0.234 e. The maximum absolute atomic E-state index is 13.6. The lowest BCUT2D eigenvalue weighted by Crippen LogP contribution is -2.15. The third-order valence-electron chi connectivity index (χ3n) is 6.31. The maximum atomic E-state index is 13.6. The Labute approximate surface area is 228 Å². The van der Waals surface area contributed by atoms with Gasteiger partial charge in [-0.1, -0.05) is 67.4 Å². The lowest BCUT2D eigenvalue weighted by molar-refractivity contribution is 0.102. The topological polar surface area (TPSA) is 140 Å². The molecule has 0 atom stereocenters. The predicted octanol–water partition coefficient (Wildman–Crippen LogP) is 4.92. The molecule has 0 unspecified atom stereocenters. The Bertz CT molecular complexity index is 1630. The SMILES string of the molecule is CCCCc1nc(Cl)c(C(=O)c2ncc(C=O)cc2O)n1Cc1ccc(-c2ccccc2)c(-c2nn[nH]n2)c1. The van der Waals surface area contributed by atoms with Gasteiger partial charge in [0.05, 0.1) is 0 Å². The lowest BCUT2D eigenvalue weighted by atomic mass is 9.97. The van der Waals surface area contributed by atoms with Gasteiger partial charge in [0.15, 0.2) is 17.1 Å². The van der Waals surface area contributed by atoms with Crippen molar-refractivity contribution in [3.8, 4) is 28.3 Å². The summed E-state index contributed by atoms with van der Waals surface area (Å²) < 4.78 is 1.76. The number of hydrogen-bond acceptors (Lipinski definition) is 8. The molecule has 0 aliphatic carbocycles. The number of imidazole rings is 1. The van der Waals surface area contributed by atoms with Crippen LogP contribution in [-0.2, 0) is 13.0 Å². The highest BCUT2D eigenvalue weighted by molar-refractivity contribution is 6.33. The largest absolute Gasteiger partial charge is 0.506 e. The highest BCUT2D eigenvalue weighted by atomic mass is 35.5. The summed E-state index contributed by atoms with van der Waals surface area (Å²) in [6.45, 7) is 2.34. The van der Waals surface area contributed by atoms with Crippen molar-refractivity contribution >= 4 is 23.7 Å². The number of unbranched alkanes of at least 4 members (excludes halogenated alkanes) is 1. The Hall–Kier alpha value is -4.70. The number of benzene rings is 2. The molecule has 0 saturated carbocycles. The molecule has 196 valence electrons. The van der Waals surface area contributed by atoms with Crippen molar-refractivity contribution in [2.24, 2.45) is 0 Å². The Balaban J connectivity index is 1.60. The van der Waals surface area contributed by atoms with Crippen molar-refractivity contribution in [1.29, 1.82) is 0 Å². The van der Waals surface area contributed by atoms with Crippen molar-refractivity contribution in [3.05, 3.63) is 94.3 Å². The number of pyridine rings is 1. The number of carbonyl (C=O) groups is 2. The van der Waals surface area contributed by atoms with Gasteiger partial charge in [0.25, 0.3) is 0 Å².